The summed E-state index contributed by atoms with van der Waals surface area (Å²) in [5, 5.41) is 43.3. The topological polar surface area (TPSA) is 143 Å². The Labute approximate surface area is 217 Å². The second-order valence-corrected chi connectivity index (χ2v) is 8.01. The number of hydrogen-bond donors (Lipinski definition) is 4. The maximum absolute atomic E-state index is 8.03. The van der Waals surface area contributed by atoms with Crippen LogP contribution in [-0.4, -0.2) is 48.7 Å². The van der Waals surface area contributed by atoms with Crippen molar-refractivity contribution in [2.75, 3.05) is 0 Å². The van der Waals surface area contributed by atoms with Crippen molar-refractivity contribution in [2.45, 2.75) is 58.8 Å². The number of rotatable bonds is 2. The van der Waals surface area contributed by atoms with Crippen LogP contribution >= 0.6 is 0 Å². The maximum Gasteiger partial charge on any atom is 0.101 e. The molecular formula is C23H34CoN5O4S-. The van der Waals surface area contributed by atoms with Crippen molar-refractivity contribution in [2.24, 2.45) is 20.6 Å². The molecular weight excluding hydrogens is 501 g/mol. The second-order valence-electron chi connectivity index (χ2n) is 7.54. The van der Waals surface area contributed by atoms with Gasteiger partial charge in [-0.05, 0) is 50.8 Å². The summed E-state index contributed by atoms with van der Waals surface area (Å²) in [5.41, 5.74) is 2.84. The molecule has 34 heavy (non-hydrogen) atoms. The van der Waals surface area contributed by atoms with E-state index in [4.69, 9.17) is 33.5 Å². The van der Waals surface area contributed by atoms with Gasteiger partial charge in [0.2, 0.25) is 0 Å². The predicted molar refractivity (Wildman–Crippen MR) is 135 cm³/mol. The van der Waals surface area contributed by atoms with E-state index in [9.17, 15) is 0 Å². The molecule has 9 nitrogen and oxygen atoms in total. The Morgan fingerprint density at radius 3 is 1.18 bits per heavy atom. The van der Waals surface area contributed by atoms with Gasteiger partial charge >= 0.3 is 0 Å². The van der Waals surface area contributed by atoms with E-state index in [1.807, 2.05) is 42.7 Å². The van der Waals surface area contributed by atoms with Crippen molar-refractivity contribution in [1.29, 1.82) is 0 Å². The summed E-state index contributed by atoms with van der Waals surface area (Å²) >= 11 is 4.81. The molecule has 1 radical (unpaired) electrons. The number of hydrogen-bond acceptors (Lipinski definition) is 10. The summed E-state index contributed by atoms with van der Waals surface area (Å²) in [7, 11) is 0. The Kier molecular flexibility index (Phi) is 21.5. The first-order valence-electron chi connectivity index (χ1n) is 9.82. The van der Waals surface area contributed by atoms with Crippen LogP contribution in [0.5, 0.6) is 0 Å². The van der Waals surface area contributed by atoms with Gasteiger partial charge in [-0.25, -0.2) is 0 Å². The predicted octanol–water partition coefficient (Wildman–Crippen LogP) is 5.34. The van der Waals surface area contributed by atoms with Crippen molar-refractivity contribution < 1.29 is 37.6 Å². The SMILES string of the molecule is CC(=N/O)/C(C)=N/O.CC(=N\O)/C(C)=N/O.CC(C)(C)c1ccncc1.[Co].[S-]c1ccccc1. The van der Waals surface area contributed by atoms with E-state index in [0.717, 1.165) is 4.90 Å². The maximum atomic E-state index is 8.03. The molecule has 11 heteroatoms. The van der Waals surface area contributed by atoms with Gasteiger partial charge in [0.1, 0.15) is 22.8 Å². The molecule has 0 bridgehead atoms. The molecule has 1 aromatic carbocycles. The van der Waals surface area contributed by atoms with Gasteiger partial charge in [-0.2, -0.15) is 4.90 Å². The Morgan fingerprint density at radius 1 is 0.676 bits per heavy atom. The summed E-state index contributed by atoms with van der Waals surface area (Å²) in [6.45, 7) is 12.7. The third-order valence-corrected chi connectivity index (χ3v) is 4.21. The van der Waals surface area contributed by atoms with Crippen LogP contribution in [0.25, 0.3) is 0 Å². The minimum absolute atomic E-state index is 0. The van der Waals surface area contributed by atoms with Gasteiger partial charge in [-0.15, -0.1) is 0 Å². The van der Waals surface area contributed by atoms with Crippen LogP contribution in [0.3, 0.4) is 0 Å². The third kappa shape index (κ3) is 18.5. The van der Waals surface area contributed by atoms with Gasteiger partial charge in [-0.1, -0.05) is 71.7 Å². The first kappa shape index (κ1) is 35.6. The van der Waals surface area contributed by atoms with E-state index in [1.165, 1.54) is 33.3 Å². The molecule has 0 aliphatic rings. The second kappa shape index (κ2) is 20.6. The van der Waals surface area contributed by atoms with Crippen LogP contribution in [0.15, 0.2) is 80.4 Å². The number of pyridine rings is 1. The molecule has 0 spiro atoms. The van der Waals surface area contributed by atoms with Crippen LogP contribution < -0.4 is 0 Å². The summed E-state index contributed by atoms with van der Waals surface area (Å²) < 4.78 is 0. The van der Waals surface area contributed by atoms with Gasteiger partial charge in [0, 0.05) is 29.2 Å². The fourth-order valence-corrected chi connectivity index (χ4v) is 1.72. The van der Waals surface area contributed by atoms with E-state index in [1.54, 1.807) is 0 Å². The fraction of sp³-hybridized carbons (Fsp3) is 0.348. The minimum atomic E-state index is 0. The molecule has 0 amide bonds. The Balaban J connectivity index is -0.000000376. The molecule has 4 N–H and O–H groups in total. The summed E-state index contributed by atoms with van der Waals surface area (Å²) in [6.07, 6.45) is 3.67. The first-order chi connectivity index (χ1) is 15.4. The smallest absolute Gasteiger partial charge is 0.101 e. The molecule has 2 rings (SSSR count). The summed E-state index contributed by atoms with van der Waals surface area (Å²) in [4.78, 5) is 4.86. The van der Waals surface area contributed by atoms with Gasteiger partial charge < -0.3 is 33.5 Å². The van der Waals surface area contributed by atoms with Crippen LogP contribution in [-0.2, 0) is 34.8 Å². The quantitative estimate of drug-likeness (QED) is 0.177. The average molecular weight is 536 g/mol. The molecule has 0 aliphatic heterocycles. The zero-order valence-corrected chi connectivity index (χ0v) is 22.3. The Bertz CT molecular complexity index is 837. The molecule has 0 atom stereocenters. The molecule has 1 aromatic heterocycles. The van der Waals surface area contributed by atoms with Gasteiger partial charge in [-0.3, -0.25) is 4.98 Å². The van der Waals surface area contributed by atoms with Crippen LogP contribution in [0.1, 0.15) is 54.0 Å². The van der Waals surface area contributed by atoms with Gasteiger partial charge in [0.15, 0.2) is 0 Å². The van der Waals surface area contributed by atoms with E-state index in [0.29, 0.717) is 22.8 Å². The van der Waals surface area contributed by atoms with Crippen molar-refractivity contribution in [1.82, 2.24) is 4.98 Å². The number of benzene rings is 1. The van der Waals surface area contributed by atoms with Crippen LogP contribution in [0, 0.1) is 0 Å². The average Bonchev–Trinajstić information content (AvgIpc) is 2.83. The molecule has 0 saturated heterocycles. The van der Waals surface area contributed by atoms with Gasteiger partial charge in [0.25, 0.3) is 0 Å². The Morgan fingerprint density at radius 2 is 1.00 bits per heavy atom. The molecule has 1 heterocycles. The van der Waals surface area contributed by atoms with Crippen molar-refractivity contribution >= 4 is 35.5 Å². The summed E-state index contributed by atoms with van der Waals surface area (Å²) in [6, 6.07) is 13.7. The zero-order valence-electron chi connectivity index (χ0n) is 20.5. The fourth-order valence-electron chi connectivity index (χ4n) is 1.56. The molecule has 0 unspecified atom stereocenters. The molecule has 191 valence electrons. The van der Waals surface area contributed by atoms with Crippen molar-refractivity contribution in [3.05, 3.63) is 60.4 Å². The van der Waals surface area contributed by atoms with Crippen molar-refractivity contribution in [3.8, 4) is 0 Å². The molecule has 0 fully saturated rings. The largest absolute Gasteiger partial charge is 0.780 e. The molecule has 0 saturated carbocycles. The standard InChI is InChI=1S/C9H13N.C6H6S.2C4H8N2O2.Co/c1-9(2,3)8-4-6-10-7-5-8;7-6-4-2-1-3-5-6;2*1-3(5-7)4(2)6-8;/h4-7H,1-3H3;1-5,7H;2*7-8H,1-2H3;/p-1/b;;5-3+,6-4+;5-3-,6-4+;. The van der Waals surface area contributed by atoms with Crippen LogP contribution in [0.2, 0.25) is 0 Å². The van der Waals surface area contributed by atoms with E-state index in [2.05, 4.69) is 58.5 Å². The Hall–Kier alpha value is -3.02. The van der Waals surface area contributed by atoms with E-state index in [-0.39, 0.29) is 22.2 Å². The third-order valence-electron chi connectivity index (χ3n) is 3.94. The zero-order chi connectivity index (χ0) is 25.9. The van der Waals surface area contributed by atoms with Crippen molar-refractivity contribution in [3.63, 3.8) is 0 Å². The van der Waals surface area contributed by atoms with E-state index >= 15 is 0 Å². The summed E-state index contributed by atoms with van der Waals surface area (Å²) in [5.74, 6) is 0. The normalized spacial score (nSPS) is 11.9. The first-order valence-corrected chi connectivity index (χ1v) is 10.2. The minimum Gasteiger partial charge on any atom is -0.780 e. The van der Waals surface area contributed by atoms with E-state index < -0.39 is 0 Å². The number of nitrogens with zero attached hydrogens (tertiary/aromatic N) is 5. The number of aromatic nitrogens is 1. The molecule has 2 aromatic rings. The van der Waals surface area contributed by atoms with Gasteiger partial charge in [0.05, 0.1) is 0 Å². The molecule has 0 aliphatic carbocycles. The number of oxime groups is 4. The van der Waals surface area contributed by atoms with Crippen LogP contribution in [0.4, 0.5) is 0 Å². The monoisotopic (exact) mass is 535 g/mol.